The molecule has 0 spiro atoms. The Morgan fingerprint density at radius 2 is 2.05 bits per heavy atom. The van der Waals surface area contributed by atoms with Crippen LogP contribution >= 0.6 is 0 Å². The van der Waals surface area contributed by atoms with Crippen molar-refractivity contribution in [2.45, 2.75) is 37.7 Å². The molecule has 6 rings (SSSR count). The first-order chi connectivity index (χ1) is 18.5. The molecule has 2 aromatic heterocycles. The van der Waals surface area contributed by atoms with Gasteiger partial charge < -0.3 is 30.4 Å². The summed E-state index contributed by atoms with van der Waals surface area (Å²) in [6.07, 6.45) is 4.68. The maximum atomic E-state index is 12.8. The molecule has 13 nitrogen and oxygen atoms in total. The number of β-amino-alcohol motifs (C(OH)–C–C–N with tert-alkyl or cyclic N) is 1. The number of nitrogens with one attached hydrogen (secondary N) is 1. The number of aliphatic hydroxyl groups is 1. The lowest BCUT2D eigenvalue weighted by atomic mass is 10.2. The Morgan fingerprint density at radius 3 is 2.79 bits per heavy atom. The zero-order valence-electron chi connectivity index (χ0n) is 21.0. The molecule has 3 aliphatic heterocycles. The molecular weight excluding hydrogens is 492 g/mol. The number of likely N-dealkylation sites (tertiary alicyclic amines) is 1. The smallest absolute Gasteiger partial charge is 0.283 e. The topological polar surface area (TPSA) is 162 Å². The van der Waals surface area contributed by atoms with Crippen LogP contribution in [0.2, 0.25) is 0 Å². The van der Waals surface area contributed by atoms with Crippen molar-refractivity contribution in [3.8, 4) is 11.5 Å². The van der Waals surface area contributed by atoms with E-state index in [0.29, 0.717) is 36.6 Å². The maximum absolute atomic E-state index is 12.8. The van der Waals surface area contributed by atoms with Crippen molar-refractivity contribution in [2.75, 3.05) is 50.9 Å². The van der Waals surface area contributed by atoms with Gasteiger partial charge in [-0.05, 0) is 25.0 Å². The second-order valence-electron chi connectivity index (χ2n) is 9.72. The van der Waals surface area contributed by atoms with Gasteiger partial charge in [0.2, 0.25) is 11.6 Å². The van der Waals surface area contributed by atoms with Gasteiger partial charge >= 0.3 is 0 Å². The minimum Gasteiger partial charge on any atom is -0.491 e. The number of aliphatic hydroxyl groups excluding tert-OH is 1. The SMILES string of the molecule is COc1c(OC[C@H](O)CN2CC3CCC(C2)O3)ccc2c3n(c(=NC(=O)c4cnc(N)nc4)nc12)CCN3. The van der Waals surface area contributed by atoms with Crippen molar-refractivity contribution in [1.29, 1.82) is 0 Å². The van der Waals surface area contributed by atoms with Crippen molar-refractivity contribution in [3.63, 3.8) is 0 Å². The first-order valence-corrected chi connectivity index (χ1v) is 12.7. The second-order valence-corrected chi connectivity index (χ2v) is 9.72. The maximum Gasteiger partial charge on any atom is 0.283 e. The number of benzene rings is 1. The molecule has 2 saturated heterocycles. The molecule has 38 heavy (non-hydrogen) atoms. The van der Waals surface area contributed by atoms with E-state index in [-0.39, 0.29) is 35.9 Å². The van der Waals surface area contributed by atoms with Gasteiger partial charge in [0, 0.05) is 50.5 Å². The van der Waals surface area contributed by atoms with E-state index in [1.54, 1.807) is 6.07 Å². The van der Waals surface area contributed by atoms with Gasteiger partial charge in [0.05, 0.1) is 24.9 Å². The number of ether oxygens (including phenoxy) is 3. The number of fused-ring (bicyclic) bond motifs is 5. The van der Waals surface area contributed by atoms with Crippen LogP contribution in [0, 0.1) is 0 Å². The summed E-state index contributed by atoms with van der Waals surface area (Å²) in [5.74, 6) is 1.16. The molecule has 2 fully saturated rings. The summed E-state index contributed by atoms with van der Waals surface area (Å²) in [4.78, 5) is 31.7. The number of hydrogen-bond acceptors (Lipinski definition) is 11. The molecule has 13 heteroatoms. The first kappa shape index (κ1) is 24.5. The Balaban J connectivity index is 1.27. The van der Waals surface area contributed by atoms with Crippen molar-refractivity contribution in [2.24, 2.45) is 4.99 Å². The summed E-state index contributed by atoms with van der Waals surface area (Å²) in [7, 11) is 1.53. The molecule has 200 valence electrons. The number of amides is 1. The highest BCUT2D eigenvalue weighted by Gasteiger charge is 2.34. The van der Waals surface area contributed by atoms with E-state index in [9.17, 15) is 9.90 Å². The molecule has 0 saturated carbocycles. The number of hydrogen-bond donors (Lipinski definition) is 3. The Kier molecular flexibility index (Phi) is 6.55. The van der Waals surface area contributed by atoms with Gasteiger partial charge in [0.1, 0.15) is 24.0 Å². The molecule has 3 atom stereocenters. The molecular formula is C25H30N8O5. The molecule has 3 aromatic rings. The summed E-state index contributed by atoms with van der Waals surface area (Å²) in [5.41, 5.74) is 6.44. The number of methoxy groups -OCH3 is 1. The molecule has 1 aromatic carbocycles. The number of aromatic nitrogens is 4. The van der Waals surface area contributed by atoms with Crippen LogP contribution in [0.25, 0.3) is 10.9 Å². The lowest BCUT2D eigenvalue weighted by Crippen LogP contribution is -2.46. The van der Waals surface area contributed by atoms with Crippen LogP contribution in [0.15, 0.2) is 29.5 Å². The average Bonchev–Trinajstić information content (AvgIpc) is 3.54. The lowest BCUT2D eigenvalue weighted by molar-refractivity contribution is -0.0529. The molecule has 0 radical (unpaired) electrons. The number of carbonyl (C=O) groups is 1. The Morgan fingerprint density at radius 1 is 1.29 bits per heavy atom. The van der Waals surface area contributed by atoms with Gasteiger partial charge in [0.25, 0.3) is 5.91 Å². The number of morpholine rings is 1. The summed E-state index contributed by atoms with van der Waals surface area (Å²) in [5, 5.41) is 14.8. The van der Waals surface area contributed by atoms with Crippen molar-refractivity contribution in [1.82, 2.24) is 24.4 Å². The second kappa shape index (κ2) is 10.2. The zero-order valence-corrected chi connectivity index (χ0v) is 21.0. The number of anilines is 2. The Hall–Kier alpha value is -3.81. The van der Waals surface area contributed by atoms with E-state index in [4.69, 9.17) is 19.9 Å². The largest absolute Gasteiger partial charge is 0.491 e. The van der Waals surface area contributed by atoms with Crippen molar-refractivity contribution >= 4 is 28.6 Å². The Bertz CT molecular complexity index is 1410. The molecule has 4 N–H and O–H groups in total. The third-order valence-electron chi connectivity index (χ3n) is 7.05. The summed E-state index contributed by atoms with van der Waals surface area (Å²) < 4.78 is 19.4. The van der Waals surface area contributed by atoms with Crippen LogP contribution in [0.3, 0.4) is 0 Å². The number of carbonyl (C=O) groups excluding carboxylic acids is 1. The predicted molar refractivity (Wildman–Crippen MR) is 137 cm³/mol. The minimum atomic E-state index is -0.677. The predicted octanol–water partition coefficient (Wildman–Crippen LogP) is 0.187. The molecule has 1 amide bonds. The highest BCUT2D eigenvalue weighted by Crippen LogP contribution is 2.37. The van der Waals surface area contributed by atoms with E-state index in [1.807, 2.05) is 10.6 Å². The summed E-state index contributed by atoms with van der Waals surface area (Å²) >= 11 is 0. The fourth-order valence-electron chi connectivity index (χ4n) is 5.33. The monoisotopic (exact) mass is 522 g/mol. The Labute approximate surface area is 218 Å². The standard InChI is InChI=1S/C25H30N8O5/c1-36-21-19(37-13-15(34)10-32-11-16-2-3-17(12-32)38-16)5-4-18-20(21)30-25(33-7-6-27-22(18)33)31-23(35)14-8-28-24(26)29-9-14/h4-5,8-9,15-17,27,34H,2-3,6-7,10-13H2,1H3,(H2,26,28,29)/t15-,16?,17?/m1/s1. The quantitative estimate of drug-likeness (QED) is 0.388. The number of rotatable bonds is 7. The minimum absolute atomic E-state index is 0.0734. The van der Waals surface area contributed by atoms with Gasteiger partial charge in [-0.2, -0.15) is 4.99 Å². The molecule has 2 unspecified atom stereocenters. The number of nitrogens with two attached hydrogens (primary N) is 1. The zero-order chi connectivity index (χ0) is 26.2. The van der Waals surface area contributed by atoms with Crippen LogP contribution < -0.4 is 26.1 Å². The first-order valence-electron chi connectivity index (χ1n) is 12.7. The van der Waals surface area contributed by atoms with Crippen LogP contribution in [0.1, 0.15) is 23.2 Å². The van der Waals surface area contributed by atoms with Gasteiger partial charge in [-0.15, -0.1) is 0 Å². The lowest BCUT2D eigenvalue weighted by Gasteiger charge is -2.33. The van der Waals surface area contributed by atoms with E-state index in [0.717, 1.165) is 37.1 Å². The van der Waals surface area contributed by atoms with Gasteiger partial charge in [-0.25, -0.2) is 15.0 Å². The third-order valence-corrected chi connectivity index (χ3v) is 7.05. The van der Waals surface area contributed by atoms with Crippen LogP contribution in [0.5, 0.6) is 11.5 Å². The van der Waals surface area contributed by atoms with E-state index < -0.39 is 12.0 Å². The van der Waals surface area contributed by atoms with E-state index >= 15 is 0 Å². The molecule has 0 aliphatic carbocycles. The summed E-state index contributed by atoms with van der Waals surface area (Å²) in [6, 6.07) is 3.69. The molecule has 2 bridgehead atoms. The third kappa shape index (κ3) is 4.75. The normalized spacial score (nSPS) is 21.8. The van der Waals surface area contributed by atoms with Gasteiger partial charge in [-0.1, -0.05) is 0 Å². The van der Waals surface area contributed by atoms with Gasteiger partial charge in [0.15, 0.2) is 11.5 Å². The summed E-state index contributed by atoms with van der Waals surface area (Å²) in [6.45, 7) is 3.54. The van der Waals surface area contributed by atoms with Gasteiger partial charge in [-0.3, -0.25) is 14.3 Å². The fourth-order valence-corrected chi connectivity index (χ4v) is 5.33. The van der Waals surface area contributed by atoms with Crippen molar-refractivity contribution in [3.05, 3.63) is 35.7 Å². The highest BCUT2D eigenvalue weighted by molar-refractivity contribution is 5.96. The van der Waals surface area contributed by atoms with Crippen LogP contribution in [-0.4, -0.2) is 93.6 Å². The number of nitrogens with zero attached hydrogens (tertiary/aromatic N) is 6. The molecule has 5 heterocycles. The van der Waals surface area contributed by atoms with E-state index in [1.165, 1.54) is 19.5 Å². The highest BCUT2D eigenvalue weighted by atomic mass is 16.5. The average molecular weight is 523 g/mol. The van der Waals surface area contributed by atoms with Crippen LogP contribution in [0.4, 0.5) is 11.8 Å². The van der Waals surface area contributed by atoms with Crippen LogP contribution in [-0.2, 0) is 11.3 Å². The van der Waals surface area contributed by atoms with Crippen molar-refractivity contribution < 1.29 is 24.1 Å². The molecule has 3 aliphatic rings. The number of nitrogen functional groups attached to an aromatic ring is 1. The van der Waals surface area contributed by atoms with E-state index in [2.05, 4.69) is 30.2 Å². The fraction of sp³-hybridized carbons (Fsp3) is 0.480.